The summed E-state index contributed by atoms with van der Waals surface area (Å²) >= 11 is 0. The van der Waals surface area contributed by atoms with Crippen LogP contribution in [0.15, 0.2) is 47.4 Å². The third-order valence-corrected chi connectivity index (χ3v) is 5.34. The van der Waals surface area contributed by atoms with Crippen LogP contribution >= 0.6 is 0 Å². The summed E-state index contributed by atoms with van der Waals surface area (Å²) in [6, 6.07) is 9.96. The topological polar surface area (TPSA) is 123 Å². The van der Waals surface area contributed by atoms with E-state index < -0.39 is 21.8 Å². The molecule has 0 heterocycles. The molecule has 0 spiro atoms. The summed E-state index contributed by atoms with van der Waals surface area (Å²) < 4.78 is 36.8. The van der Waals surface area contributed by atoms with E-state index in [1.807, 2.05) is 6.92 Å². The molecule has 0 aliphatic heterocycles. The summed E-state index contributed by atoms with van der Waals surface area (Å²) in [5.41, 5.74) is 5.03. The number of methoxy groups -OCH3 is 1. The summed E-state index contributed by atoms with van der Waals surface area (Å²) in [5.74, 6) is -0.249. The van der Waals surface area contributed by atoms with Crippen LogP contribution in [0.3, 0.4) is 0 Å². The zero-order valence-corrected chi connectivity index (χ0v) is 17.1. The molecule has 0 aliphatic rings. The van der Waals surface area contributed by atoms with E-state index in [9.17, 15) is 18.0 Å². The minimum atomic E-state index is -3.60. The molecule has 2 rings (SSSR count). The zero-order chi connectivity index (χ0) is 21.4. The standard InChI is InChI=1S/C19H23N3O6S/c1-4-20-29(25,26)15-9-6-13(7-10-15)18(23)21-22-19(24)14-8-11-16(28-5-2)17(12-14)27-3/h6-12,20H,4-5H2,1-3H3,(H,21,23)(H,22,24). The first-order valence-corrected chi connectivity index (χ1v) is 10.3. The third kappa shape index (κ3) is 5.69. The van der Waals surface area contributed by atoms with Crippen LogP contribution in [-0.2, 0) is 10.0 Å². The van der Waals surface area contributed by atoms with Gasteiger partial charge in [0.1, 0.15) is 0 Å². The van der Waals surface area contributed by atoms with E-state index in [-0.39, 0.29) is 22.6 Å². The quantitative estimate of drug-likeness (QED) is 0.555. The lowest BCUT2D eigenvalue weighted by Crippen LogP contribution is -2.41. The second-order valence-corrected chi connectivity index (χ2v) is 7.50. The van der Waals surface area contributed by atoms with Crippen molar-refractivity contribution in [2.45, 2.75) is 18.7 Å². The average Bonchev–Trinajstić information content (AvgIpc) is 2.72. The minimum absolute atomic E-state index is 0.0430. The molecule has 0 unspecified atom stereocenters. The molecule has 0 bridgehead atoms. The summed E-state index contributed by atoms with van der Waals surface area (Å²) in [5, 5.41) is 0. The highest BCUT2D eigenvalue weighted by Gasteiger charge is 2.15. The van der Waals surface area contributed by atoms with Crippen molar-refractivity contribution in [3.05, 3.63) is 53.6 Å². The second kappa shape index (κ2) is 9.89. The van der Waals surface area contributed by atoms with Crippen LogP contribution in [0.2, 0.25) is 0 Å². The minimum Gasteiger partial charge on any atom is -0.493 e. The predicted molar refractivity (Wildman–Crippen MR) is 106 cm³/mol. The van der Waals surface area contributed by atoms with Crippen LogP contribution in [0, 0.1) is 0 Å². The summed E-state index contributed by atoms with van der Waals surface area (Å²) in [4.78, 5) is 24.5. The van der Waals surface area contributed by atoms with Gasteiger partial charge in [-0.05, 0) is 49.4 Å². The van der Waals surface area contributed by atoms with E-state index in [1.165, 1.54) is 43.5 Å². The van der Waals surface area contributed by atoms with Gasteiger partial charge in [0.25, 0.3) is 11.8 Å². The molecule has 156 valence electrons. The molecule has 0 saturated carbocycles. The fourth-order valence-corrected chi connectivity index (χ4v) is 3.44. The van der Waals surface area contributed by atoms with Crippen LogP contribution in [-0.4, -0.2) is 40.5 Å². The number of amides is 2. The Kier molecular flexibility index (Phi) is 7.57. The fourth-order valence-electron chi connectivity index (χ4n) is 2.40. The molecule has 2 amide bonds. The maximum Gasteiger partial charge on any atom is 0.269 e. The second-order valence-electron chi connectivity index (χ2n) is 5.73. The molecular weight excluding hydrogens is 398 g/mol. The first-order chi connectivity index (χ1) is 13.8. The first-order valence-electron chi connectivity index (χ1n) is 8.83. The van der Waals surface area contributed by atoms with Gasteiger partial charge in [0.15, 0.2) is 11.5 Å². The van der Waals surface area contributed by atoms with Crippen molar-refractivity contribution < 1.29 is 27.5 Å². The zero-order valence-electron chi connectivity index (χ0n) is 16.3. The molecule has 0 aliphatic carbocycles. The van der Waals surface area contributed by atoms with Gasteiger partial charge in [-0.1, -0.05) is 6.92 Å². The van der Waals surface area contributed by atoms with E-state index in [1.54, 1.807) is 13.0 Å². The number of benzene rings is 2. The lowest BCUT2D eigenvalue weighted by molar-refractivity contribution is 0.0846. The predicted octanol–water partition coefficient (Wildman–Crippen LogP) is 1.47. The first kappa shape index (κ1) is 22.2. The van der Waals surface area contributed by atoms with Gasteiger partial charge in [-0.3, -0.25) is 20.4 Å². The summed E-state index contributed by atoms with van der Waals surface area (Å²) in [6.07, 6.45) is 0. The van der Waals surface area contributed by atoms with Gasteiger partial charge in [-0.2, -0.15) is 0 Å². The van der Waals surface area contributed by atoms with Crippen LogP contribution in [0.25, 0.3) is 0 Å². The number of nitrogens with one attached hydrogen (secondary N) is 3. The highest BCUT2D eigenvalue weighted by molar-refractivity contribution is 7.89. The Labute approximate surface area is 169 Å². The van der Waals surface area contributed by atoms with Crippen LogP contribution in [0.4, 0.5) is 0 Å². The number of carbonyl (C=O) groups excluding carboxylic acids is 2. The highest BCUT2D eigenvalue weighted by Crippen LogP contribution is 2.27. The Balaban J connectivity index is 2.02. The van der Waals surface area contributed by atoms with Crippen molar-refractivity contribution in [2.24, 2.45) is 0 Å². The molecule has 29 heavy (non-hydrogen) atoms. The van der Waals surface area contributed by atoms with E-state index in [2.05, 4.69) is 15.6 Å². The smallest absolute Gasteiger partial charge is 0.269 e. The Hall–Kier alpha value is -3.11. The van der Waals surface area contributed by atoms with E-state index in [0.717, 1.165) is 0 Å². The van der Waals surface area contributed by atoms with Gasteiger partial charge in [0, 0.05) is 17.7 Å². The molecule has 9 nitrogen and oxygen atoms in total. The van der Waals surface area contributed by atoms with Gasteiger partial charge in [0.2, 0.25) is 10.0 Å². The third-order valence-electron chi connectivity index (χ3n) is 3.78. The van der Waals surface area contributed by atoms with Gasteiger partial charge in [-0.15, -0.1) is 0 Å². The number of carbonyl (C=O) groups is 2. The van der Waals surface area contributed by atoms with Crippen molar-refractivity contribution >= 4 is 21.8 Å². The van der Waals surface area contributed by atoms with E-state index in [0.29, 0.717) is 18.1 Å². The van der Waals surface area contributed by atoms with Crippen molar-refractivity contribution in [3.8, 4) is 11.5 Å². The largest absolute Gasteiger partial charge is 0.493 e. The van der Waals surface area contributed by atoms with Gasteiger partial charge in [0.05, 0.1) is 18.6 Å². The highest BCUT2D eigenvalue weighted by atomic mass is 32.2. The number of hydrazine groups is 1. The number of hydrogen-bond acceptors (Lipinski definition) is 6. The van der Waals surface area contributed by atoms with Crippen LogP contribution in [0.1, 0.15) is 34.6 Å². The Bertz CT molecular complexity index is 974. The monoisotopic (exact) mass is 421 g/mol. The lowest BCUT2D eigenvalue weighted by atomic mass is 10.2. The maximum atomic E-state index is 12.3. The molecule has 10 heteroatoms. The Morgan fingerprint density at radius 1 is 0.897 bits per heavy atom. The van der Waals surface area contributed by atoms with Crippen molar-refractivity contribution in [1.82, 2.24) is 15.6 Å². The molecule has 2 aromatic rings. The van der Waals surface area contributed by atoms with Gasteiger partial charge in [-0.25, -0.2) is 13.1 Å². The molecule has 0 radical (unpaired) electrons. The number of sulfonamides is 1. The van der Waals surface area contributed by atoms with Crippen molar-refractivity contribution in [1.29, 1.82) is 0 Å². The molecular formula is C19H23N3O6S. The molecule has 2 aromatic carbocycles. The lowest BCUT2D eigenvalue weighted by Gasteiger charge is -2.12. The van der Waals surface area contributed by atoms with E-state index in [4.69, 9.17) is 9.47 Å². The van der Waals surface area contributed by atoms with Crippen LogP contribution in [0.5, 0.6) is 11.5 Å². The molecule has 0 fully saturated rings. The summed E-state index contributed by atoms with van der Waals surface area (Å²) in [6.45, 7) is 4.21. The number of ether oxygens (including phenoxy) is 2. The van der Waals surface area contributed by atoms with Crippen molar-refractivity contribution in [2.75, 3.05) is 20.3 Å². The fraction of sp³-hybridized carbons (Fsp3) is 0.263. The molecule has 0 aromatic heterocycles. The summed E-state index contributed by atoms with van der Waals surface area (Å²) in [7, 11) is -2.14. The number of rotatable bonds is 8. The van der Waals surface area contributed by atoms with E-state index >= 15 is 0 Å². The number of hydrogen-bond donors (Lipinski definition) is 3. The Morgan fingerprint density at radius 2 is 1.48 bits per heavy atom. The molecule has 3 N–H and O–H groups in total. The van der Waals surface area contributed by atoms with Crippen LogP contribution < -0.4 is 25.0 Å². The van der Waals surface area contributed by atoms with Crippen molar-refractivity contribution in [3.63, 3.8) is 0 Å². The molecule has 0 saturated heterocycles. The van der Waals surface area contributed by atoms with Gasteiger partial charge < -0.3 is 9.47 Å². The van der Waals surface area contributed by atoms with Gasteiger partial charge >= 0.3 is 0 Å². The Morgan fingerprint density at radius 3 is 2.03 bits per heavy atom. The SMILES string of the molecule is CCNS(=O)(=O)c1ccc(C(=O)NNC(=O)c2ccc(OCC)c(OC)c2)cc1. The normalized spacial score (nSPS) is 10.9. The average molecular weight is 421 g/mol. The maximum absolute atomic E-state index is 12.3. The molecule has 0 atom stereocenters.